The summed E-state index contributed by atoms with van der Waals surface area (Å²) < 4.78 is 19.6. The number of nitrogens with one attached hydrogen (secondary N) is 1. The first-order chi connectivity index (χ1) is 14.8. The van der Waals surface area contributed by atoms with E-state index in [-0.39, 0.29) is 23.4 Å². The quantitative estimate of drug-likeness (QED) is 0.476. The summed E-state index contributed by atoms with van der Waals surface area (Å²) in [5.74, 6) is -1.29. The molecular weight excluding hydrogens is 403 g/mol. The fourth-order valence-electron chi connectivity index (χ4n) is 3.30. The normalized spacial score (nSPS) is 14.9. The summed E-state index contributed by atoms with van der Waals surface area (Å²) in [4.78, 5) is 36.8. The summed E-state index contributed by atoms with van der Waals surface area (Å²) in [5, 5.41) is 11.6. The number of urea groups is 1. The lowest BCUT2D eigenvalue weighted by Gasteiger charge is -2.12. The minimum Gasteiger partial charge on any atom is -0.478 e. The number of amides is 3. The van der Waals surface area contributed by atoms with Crippen molar-refractivity contribution in [3.8, 4) is 11.3 Å². The van der Waals surface area contributed by atoms with Gasteiger partial charge in [-0.3, -0.25) is 9.69 Å². The molecule has 0 bridgehead atoms. The van der Waals surface area contributed by atoms with Gasteiger partial charge in [-0.1, -0.05) is 24.3 Å². The van der Waals surface area contributed by atoms with Crippen LogP contribution >= 0.6 is 0 Å². The molecule has 0 atom stereocenters. The van der Waals surface area contributed by atoms with E-state index in [4.69, 9.17) is 9.52 Å². The highest BCUT2D eigenvalue weighted by atomic mass is 19.1. The van der Waals surface area contributed by atoms with Crippen molar-refractivity contribution >= 4 is 24.0 Å². The molecule has 0 unspecified atom stereocenters. The lowest BCUT2D eigenvalue weighted by molar-refractivity contribution is -0.123. The van der Waals surface area contributed by atoms with E-state index >= 15 is 0 Å². The van der Waals surface area contributed by atoms with E-state index in [2.05, 4.69) is 5.32 Å². The maximum atomic E-state index is 13.9. The van der Waals surface area contributed by atoms with E-state index in [9.17, 15) is 18.8 Å². The van der Waals surface area contributed by atoms with Gasteiger partial charge in [-0.2, -0.15) is 0 Å². The molecular formula is C23H17FN2O5. The molecule has 156 valence electrons. The number of hydrogen-bond donors (Lipinski definition) is 2. The average Bonchev–Trinajstić information content (AvgIpc) is 3.29. The van der Waals surface area contributed by atoms with E-state index in [0.29, 0.717) is 17.1 Å². The van der Waals surface area contributed by atoms with Crippen LogP contribution in [-0.4, -0.2) is 27.9 Å². The summed E-state index contributed by atoms with van der Waals surface area (Å²) in [6.45, 7) is 1.58. The van der Waals surface area contributed by atoms with Crippen LogP contribution in [0.3, 0.4) is 0 Å². The van der Waals surface area contributed by atoms with Gasteiger partial charge in [-0.15, -0.1) is 0 Å². The number of hydrogen-bond acceptors (Lipinski definition) is 4. The van der Waals surface area contributed by atoms with Crippen LogP contribution in [0.5, 0.6) is 0 Å². The summed E-state index contributed by atoms with van der Waals surface area (Å²) >= 11 is 0. The first kappa shape index (κ1) is 20.1. The Morgan fingerprint density at radius 2 is 1.94 bits per heavy atom. The number of aryl methyl sites for hydroxylation is 1. The van der Waals surface area contributed by atoms with Gasteiger partial charge in [0, 0.05) is 17.2 Å². The molecule has 2 heterocycles. The van der Waals surface area contributed by atoms with Crippen LogP contribution < -0.4 is 5.32 Å². The molecule has 4 rings (SSSR count). The zero-order valence-electron chi connectivity index (χ0n) is 16.4. The molecule has 31 heavy (non-hydrogen) atoms. The van der Waals surface area contributed by atoms with Crippen LogP contribution in [-0.2, 0) is 11.3 Å². The van der Waals surface area contributed by atoms with Crippen LogP contribution in [0, 0.1) is 12.7 Å². The number of nitrogens with zero attached hydrogens (tertiary/aromatic N) is 1. The summed E-state index contributed by atoms with van der Waals surface area (Å²) in [6, 6.07) is 13.3. The minimum absolute atomic E-state index is 0.0141. The zero-order chi connectivity index (χ0) is 22.1. The standard InChI is InChI=1S/C23H17FN2O5/c1-13-10-14(22(28)29)6-8-17(13)20-9-7-16(31-20)11-19-21(27)26(23(30)25-19)12-15-4-2-3-5-18(15)24/h2-11H,12H2,1H3,(H,25,30)(H,28,29). The predicted molar refractivity (Wildman–Crippen MR) is 109 cm³/mol. The van der Waals surface area contributed by atoms with Gasteiger partial charge in [0.05, 0.1) is 12.1 Å². The number of halogens is 1. The summed E-state index contributed by atoms with van der Waals surface area (Å²) in [5.41, 5.74) is 1.84. The third-order valence-electron chi connectivity index (χ3n) is 4.90. The number of carbonyl (C=O) groups is 3. The molecule has 1 aliphatic rings. The number of carboxylic acid groups (broad SMARTS) is 1. The molecule has 1 aliphatic heterocycles. The zero-order valence-corrected chi connectivity index (χ0v) is 16.4. The number of carboxylic acids is 1. The second kappa shape index (κ2) is 7.91. The van der Waals surface area contributed by atoms with E-state index in [1.165, 1.54) is 30.3 Å². The van der Waals surface area contributed by atoms with Gasteiger partial charge in [-0.25, -0.2) is 14.0 Å². The van der Waals surface area contributed by atoms with Gasteiger partial charge in [0.15, 0.2) is 0 Å². The molecule has 1 aromatic heterocycles. The maximum absolute atomic E-state index is 13.9. The Labute approximate surface area is 176 Å². The number of rotatable bonds is 5. The molecule has 1 saturated heterocycles. The first-order valence-corrected chi connectivity index (χ1v) is 9.35. The molecule has 8 heteroatoms. The van der Waals surface area contributed by atoms with Crippen LogP contribution in [0.4, 0.5) is 9.18 Å². The van der Waals surface area contributed by atoms with Gasteiger partial charge in [-0.05, 0) is 42.8 Å². The fraction of sp³-hybridized carbons (Fsp3) is 0.0870. The van der Waals surface area contributed by atoms with Crippen LogP contribution in [0.25, 0.3) is 17.4 Å². The number of benzene rings is 2. The lowest BCUT2D eigenvalue weighted by Crippen LogP contribution is -2.30. The molecule has 0 radical (unpaired) electrons. The highest BCUT2D eigenvalue weighted by Crippen LogP contribution is 2.28. The molecule has 0 saturated carbocycles. The Kier molecular flexibility index (Phi) is 5.12. The highest BCUT2D eigenvalue weighted by molar-refractivity contribution is 6.13. The van der Waals surface area contributed by atoms with Crippen LogP contribution in [0.2, 0.25) is 0 Å². The van der Waals surface area contributed by atoms with Gasteiger partial charge in [0.2, 0.25) is 0 Å². The maximum Gasteiger partial charge on any atom is 0.335 e. The smallest absolute Gasteiger partial charge is 0.335 e. The highest BCUT2D eigenvalue weighted by Gasteiger charge is 2.34. The van der Waals surface area contributed by atoms with Gasteiger partial charge < -0.3 is 14.8 Å². The molecule has 3 aromatic rings. The number of imide groups is 1. The Morgan fingerprint density at radius 1 is 1.16 bits per heavy atom. The fourth-order valence-corrected chi connectivity index (χ4v) is 3.30. The van der Waals surface area contributed by atoms with Crippen LogP contribution in [0.15, 0.2) is 64.7 Å². The molecule has 1 fully saturated rings. The van der Waals surface area contributed by atoms with Crippen molar-refractivity contribution < 1.29 is 28.3 Å². The van der Waals surface area contributed by atoms with Crippen molar-refractivity contribution in [3.63, 3.8) is 0 Å². The summed E-state index contributed by atoms with van der Waals surface area (Å²) in [7, 11) is 0. The predicted octanol–water partition coefficient (Wildman–Crippen LogP) is 4.19. The van der Waals surface area contributed by atoms with Gasteiger partial charge >= 0.3 is 12.0 Å². The van der Waals surface area contributed by atoms with Gasteiger partial charge in [0.25, 0.3) is 5.91 Å². The third kappa shape index (κ3) is 3.95. The Hall–Kier alpha value is -4.20. The second-order valence-electron chi connectivity index (χ2n) is 7.01. The Morgan fingerprint density at radius 3 is 2.65 bits per heavy atom. The minimum atomic E-state index is -1.02. The molecule has 2 N–H and O–H groups in total. The SMILES string of the molecule is Cc1cc(C(=O)O)ccc1-c1ccc(C=C2NC(=O)N(Cc3ccccc3F)C2=O)o1. The second-order valence-corrected chi connectivity index (χ2v) is 7.01. The Bertz CT molecular complexity index is 1240. The third-order valence-corrected chi connectivity index (χ3v) is 4.90. The van der Waals surface area contributed by atoms with E-state index in [1.807, 2.05) is 0 Å². The first-order valence-electron chi connectivity index (χ1n) is 9.35. The van der Waals surface area contributed by atoms with E-state index < -0.39 is 23.7 Å². The monoisotopic (exact) mass is 420 g/mol. The van der Waals surface area contributed by atoms with Crippen LogP contribution in [0.1, 0.15) is 27.2 Å². The molecule has 2 aromatic carbocycles. The molecule has 0 aliphatic carbocycles. The number of furan rings is 1. The van der Waals surface area contributed by atoms with E-state index in [1.54, 1.807) is 37.3 Å². The van der Waals surface area contributed by atoms with Crippen molar-refractivity contribution in [3.05, 3.63) is 88.6 Å². The molecule has 7 nitrogen and oxygen atoms in total. The molecule has 3 amide bonds. The van der Waals surface area contributed by atoms with Crippen molar-refractivity contribution in [2.45, 2.75) is 13.5 Å². The number of carbonyl (C=O) groups excluding carboxylic acids is 2. The Balaban J connectivity index is 1.56. The van der Waals surface area contributed by atoms with Crippen molar-refractivity contribution in [1.29, 1.82) is 0 Å². The lowest BCUT2D eigenvalue weighted by atomic mass is 10.0. The van der Waals surface area contributed by atoms with Crippen molar-refractivity contribution in [2.75, 3.05) is 0 Å². The number of aromatic carboxylic acids is 1. The summed E-state index contributed by atoms with van der Waals surface area (Å²) in [6.07, 6.45) is 1.39. The van der Waals surface area contributed by atoms with Crippen molar-refractivity contribution in [2.24, 2.45) is 0 Å². The van der Waals surface area contributed by atoms with Crippen molar-refractivity contribution in [1.82, 2.24) is 10.2 Å². The largest absolute Gasteiger partial charge is 0.478 e. The van der Waals surface area contributed by atoms with Gasteiger partial charge in [0.1, 0.15) is 23.0 Å². The molecule has 0 spiro atoms. The average molecular weight is 420 g/mol. The topological polar surface area (TPSA) is 99.9 Å². The van der Waals surface area contributed by atoms with E-state index in [0.717, 1.165) is 10.5 Å².